The molecule has 0 aliphatic rings. The lowest BCUT2D eigenvalue weighted by Gasteiger charge is -2.25. The van der Waals surface area contributed by atoms with Gasteiger partial charge in [0, 0.05) is 13.1 Å². The summed E-state index contributed by atoms with van der Waals surface area (Å²) in [5.74, 6) is -0.757. The van der Waals surface area contributed by atoms with Crippen molar-refractivity contribution in [1.82, 2.24) is 9.80 Å². The van der Waals surface area contributed by atoms with Gasteiger partial charge in [0.25, 0.3) is 0 Å². The van der Waals surface area contributed by atoms with E-state index in [-0.39, 0.29) is 0 Å². The van der Waals surface area contributed by atoms with Gasteiger partial charge in [-0.2, -0.15) is 0 Å². The molecule has 0 rings (SSSR count). The van der Waals surface area contributed by atoms with E-state index in [1.54, 1.807) is 6.92 Å². The van der Waals surface area contributed by atoms with Gasteiger partial charge in [0.15, 0.2) is 0 Å². The van der Waals surface area contributed by atoms with E-state index in [1.807, 2.05) is 11.9 Å². The standard InChI is InChI=1S/C10H22N2O2/c1-5-12(6-2)8-7-11(4)9(3)10(13)14/h9H,5-8H2,1-4H3,(H,13,14). The van der Waals surface area contributed by atoms with Gasteiger partial charge in [-0.3, -0.25) is 9.69 Å². The zero-order valence-corrected chi connectivity index (χ0v) is 9.66. The van der Waals surface area contributed by atoms with Crippen LogP contribution in [0.4, 0.5) is 0 Å². The molecule has 0 aliphatic heterocycles. The van der Waals surface area contributed by atoms with Crippen LogP contribution in [0.15, 0.2) is 0 Å². The fourth-order valence-electron chi connectivity index (χ4n) is 1.22. The molecule has 0 aromatic rings. The van der Waals surface area contributed by atoms with E-state index in [1.165, 1.54) is 0 Å². The van der Waals surface area contributed by atoms with E-state index in [0.717, 1.165) is 26.2 Å². The van der Waals surface area contributed by atoms with Crippen LogP contribution in [0.3, 0.4) is 0 Å². The van der Waals surface area contributed by atoms with Crippen molar-refractivity contribution in [2.45, 2.75) is 26.8 Å². The molecule has 1 atom stereocenters. The van der Waals surface area contributed by atoms with Crippen LogP contribution in [0.5, 0.6) is 0 Å². The van der Waals surface area contributed by atoms with Crippen LogP contribution in [0.1, 0.15) is 20.8 Å². The van der Waals surface area contributed by atoms with Crippen molar-refractivity contribution < 1.29 is 9.90 Å². The Morgan fingerprint density at radius 3 is 2.14 bits per heavy atom. The average molecular weight is 202 g/mol. The van der Waals surface area contributed by atoms with Crippen molar-refractivity contribution in [3.05, 3.63) is 0 Å². The molecule has 0 spiro atoms. The summed E-state index contributed by atoms with van der Waals surface area (Å²) in [7, 11) is 1.85. The predicted octanol–water partition coefficient (Wildman–Crippen LogP) is 0.733. The first-order valence-corrected chi connectivity index (χ1v) is 5.18. The monoisotopic (exact) mass is 202 g/mol. The summed E-state index contributed by atoms with van der Waals surface area (Å²) in [5, 5.41) is 8.78. The largest absolute Gasteiger partial charge is 0.480 e. The maximum Gasteiger partial charge on any atom is 0.320 e. The summed E-state index contributed by atoms with van der Waals surface area (Å²) in [6.45, 7) is 9.71. The van der Waals surface area contributed by atoms with Crippen LogP contribution in [-0.2, 0) is 4.79 Å². The van der Waals surface area contributed by atoms with E-state index in [0.29, 0.717) is 0 Å². The van der Waals surface area contributed by atoms with Gasteiger partial charge in [0.2, 0.25) is 0 Å². The van der Waals surface area contributed by atoms with E-state index < -0.39 is 12.0 Å². The Morgan fingerprint density at radius 1 is 1.29 bits per heavy atom. The Bertz CT molecular complexity index is 170. The minimum atomic E-state index is -0.757. The number of likely N-dealkylation sites (N-methyl/N-ethyl adjacent to an activating group) is 2. The van der Waals surface area contributed by atoms with E-state index in [9.17, 15) is 4.79 Å². The fourth-order valence-corrected chi connectivity index (χ4v) is 1.22. The second-order valence-corrected chi connectivity index (χ2v) is 3.52. The van der Waals surface area contributed by atoms with Crippen molar-refractivity contribution in [2.24, 2.45) is 0 Å². The number of aliphatic carboxylic acids is 1. The molecule has 0 fully saturated rings. The Morgan fingerprint density at radius 2 is 1.79 bits per heavy atom. The molecule has 0 saturated carbocycles. The van der Waals surface area contributed by atoms with Gasteiger partial charge >= 0.3 is 5.97 Å². The molecule has 1 unspecified atom stereocenters. The third-order valence-electron chi connectivity index (χ3n) is 2.68. The van der Waals surface area contributed by atoms with Gasteiger partial charge in [0.05, 0.1) is 0 Å². The summed E-state index contributed by atoms with van der Waals surface area (Å²) >= 11 is 0. The third-order valence-corrected chi connectivity index (χ3v) is 2.68. The molecular weight excluding hydrogens is 180 g/mol. The van der Waals surface area contributed by atoms with Crippen molar-refractivity contribution in [3.63, 3.8) is 0 Å². The van der Waals surface area contributed by atoms with Crippen LogP contribution >= 0.6 is 0 Å². The normalized spacial score (nSPS) is 13.6. The summed E-state index contributed by atoms with van der Waals surface area (Å²) in [6.07, 6.45) is 0. The highest BCUT2D eigenvalue weighted by molar-refractivity contribution is 5.72. The number of rotatable bonds is 7. The fraction of sp³-hybridized carbons (Fsp3) is 0.900. The van der Waals surface area contributed by atoms with Crippen LogP contribution in [0, 0.1) is 0 Å². The van der Waals surface area contributed by atoms with Crippen LogP contribution in [0.2, 0.25) is 0 Å². The molecule has 4 heteroatoms. The second-order valence-electron chi connectivity index (χ2n) is 3.52. The van der Waals surface area contributed by atoms with Crippen LogP contribution < -0.4 is 0 Å². The number of nitrogens with zero attached hydrogens (tertiary/aromatic N) is 2. The molecule has 0 amide bonds. The summed E-state index contributed by atoms with van der Waals surface area (Å²) in [5.41, 5.74) is 0. The molecule has 84 valence electrons. The number of carboxylic acids is 1. The Kier molecular flexibility index (Phi) is 6.49. The maximum absolute atomic E-state index is 10.7. The van der Waals surface area contributed by atoms with Crippen molar-refractivity contribution in [1.29, 1.82) is 0 Å². The molecule has 0 heterocycles. The lowest BCUT2D eigenvalue weighted by atomic mass is 10.3. The summed E-state index contributed by atoms with van der Waals surface area (Å²) in [6, 6.07) is -0.398. The quantitative estimate of drug-likeness (QED) is 0.661. The van der Waals surface area contributed by atoms with Gasteiger partial charge in [0.1, 0.15) is 6.04 Å². The van der Waals surface area contributed by atoms with E-state index in [2.05, 4.69) is 18.7 Å². The van der Waals surface area contributed by atoms with Crippen molar-refractivity contribution in [3.8, 4) is 0 Å². The summed E-state index contributed by atoms with van der Waals surface area (Å²) < 4.78 is 0. The molecule has 0 bridgehead atoms. The zero-order chi connectivity index (χ0) is 11.1. The molecule has 1 N–H and O–H groups in total. The van der Waals surface area contributed by atoms with E-state index >= 15 is 0 Å². The molecule has 0 aliphatic carbocycles. The van der Waals surface area contributed by atoms with Gasteiger partial charge in [-0.05, 0) is 27.1 Å². The zero-order valence-electron chi connectivity index (χ0n) is 9.66. The Hall–Kier alpha value is -0.610. The topological polar surface area (TPSA) is 43.8 Å². The number of hydrogen-bond acceptors (Lipinski definition) is 3. The first-order chi connectivity index (χ1) is 6.52. The van der Waals surface area contributed by atoms with Gasteiger partial charge in [-0.25, -0.2) is 0 Å². The van der Waals surface area contributed by atoms with E-state index in [4.69, 9.17) is 5.11 Å². The SMILES string of the molecule is CCN(CC)CCN(C)C(C)C(=O)O. The maximum atomic E-state index is 10.7. The highest BCUT2D eigenvalue weighted by Gasteiger charge is 2.16. The lowest BCUT2D eigenvalue weighted by molar-refractivity contribution is -0.142. The molecule has 0 saturated heterocycles. The van der Waals surface area contributed by atoms with Crippen molar-refractivity contribution in [2.75, 3.05) is 33.2 Å². The van der Waals surface area contributed by atoms with Gasteiger partial charge < -0.3 is 10.0 Å². The highest BCUT2D eigenvalue weighted by Crippen LogP contribution is 1.96. The van der Waals surface area contributed by atoms with Crippen LogP contribution in [0.25, 0.3) is 0 Å². The van der Waals surface area contributed by atoms with Gasteiger partial charge in [-0.15, -0.1) is 0 Å². The molecule has 0 aromatic heterocycles. The number of hydrogen-bond donors (Lipinski definition) is 1. The minimum Gasteiger partial charge on any atom is -0.480 e. The second kappa shape index (κ2) is 6.79. The van der Waals surface area contributed by atoms with Crippen LogP contribution in [-0.4, -0.2) is 60.1 Å². The number of carboxylic acid groups (broad SMARTS) is 1. The first kappa shape index (κ1) is 13.4. The Balaban J connectivity index is 3.82. The Labute approximate surface area is 86.5 Å². The molecule has 14 heavy (non-hydrogen) atoms. The molecule has 0 radical (unpaired) electrons. The first-order valence-electron chi connectivity index (χ1n) is 5.18. The minimum absolute atomic E-state index is 0.398. The summed E-state index contributed by atoms with van der Waals surface area (Å²) in [4.78, 5) is 14.8. The lowest BCUT2D eigenvalue weighted by Crippen LogP contribution is -2.41. The smallest absolute Gasteiger partial charge is 0.320 e. The predicted molar refractivity (Wildman–Crippen MR) is 57.5 cm³/mol. The molecule has 4 nitrogen and oxygen atoms in total. The van der Waals surface area contributed by atoms with Crippen molar-refractivity contribution >= 4 is 5.97 Å². The van der Waals surface area contributed by atoms with Gasteiger partial charge in [-0.1, -0.05) is 13.8 Å². The molecule has 0 aromatic carbocycles. The highest BCUT2D eigenvalue weighted by atomic mass is 16.4. The average Bonchev–Trinajstić information content (AvgIpc) is 2.17. The third kappa shape index (κ3) is 4.58. The number of carbonyl (C=O) groups is 1. The molecular formula is C10H22N2O2.